The second kappa shape index (κ2) is 7.57. The quantitative estimate of drug-likeness (QED) is 0.819. The first kappa shape index (κ1) is 17.3. The molecule has 0 radical (unpaired) electrons. The zero-order valence-electron chi connectivity index (χ0n) is 14.8. The molecular weight excluding hydrogens is 320 g/mol. The van der Waals surface area contributed by atoms with Gasteiger partial charge in [-0.25, -0.2) is 0 Å². The average Bonchev–Trinajstić information content (AvgIpc) is 3.28. The maximum atomic E-state index is 12.7. The van der Waals surface area contributed by atoms with Gasteiger partial charge in [-0.3, -0.25) is 9.48 Å². The van der Waals surface area contributed by atoms with E-state index in [9.17, 15) is 4.79 Å². The molecule has 0 bridgehead atoms. The molecule has 2 aromatic rings. The zero-order valence-corrected chi connectivity index (χ0v) is 14.8. The van der Waals surface area contributed by atoms with E-state index in [1.807, 2.05) is 37.6 Å². The van der Waals surface area contributed by atoms with E-state index in [1.165, 1.54) is 0 Å². The van der Waals surface area contributed by atoms with Gasteiger partial charge in [-0.05, 0) is 23.8 Å². The van der Waals surface area contributed by atoms with E-state index in [0.29, 0.717) is 13.1 Å². The minimum atomic E-state index is -0.110. The van der Waals surface area contributed by atoms with E-state index in [-0.39, 0.29) is 17.7 Å². The molecule has 2 heterocycles. The minimum absolute atomic E-state index is 0.0312. The zero-order chi connectivity index (χ0) is 17.8. The van der Waals surface area contributed by atoms with Crippen LogP contribution in [0.15, 0.2) is 30.6 Å². The number of methoxy groups -OCH3 is 2. The molecule has 0 spiro atoms. The number of hydrogen-bond donors (Lipinski definition) is 2. The summed E-state index contributed by atoms with van der Waals surface area (Å²) in [6.45, 7) is 1.85. The molecule has 7 nitrogen and oxygen atoms in total. The molecule has 0 unspecified atom stereocenters. The van der Waals surface area contributed by atoms with Crippen LogP contribution in [0.5, 0.6) is 11.5 Å². The van der Waals surface area contributed by atoms with Crippen molar-refractivity contribution in [3.63, 3.8) is 0 Å². The number of nitrogens with zero attached hydrogens (tertiary/aromatic N) is 2. The minimum Gasteiger partial charge on any atom is -0.497 e. The molecule has 1 aliphatic heterocycles. The summed E-state index contributed by atoms with van der Waals surface area (Å²) in [6, 6.07) is 5.56. The second-order valence-corrected chi connectivity index (χ2v) is 6.21. The SMILES string of the molecule is COc1ccc(OC)c(CNC(=O)[C@H]2CNC[C@@H]2c2cnn(C)c2)c1. The fraction of sp³-hybridized carbons (Fsp3) is 0.444. The molecule has 2 atom stereocenters. The van der Waals surface area contributed by atoms with Gasteiger partial charge in [-0.15, -0.1) is 0 Å². The van der Waals surface area contributed by atoms with E-state index in [2.05, 4.69) is 15.7 Å². The predicted molar refractivity (Wildman–Crippen MR) is 93.7 cm³/mol. The molecule has 1 aliphatic rings. The number of aryl methyl sites for hydroxylation is 1. The van der Waals surface area contributed by atoms with Gasteiger partial charge in [0.2, 0.25) is 5.91 Å². The highest BCUT2D eigenvalue weighted by molar-refractivity contribution is 5.80. The van der Waals surface area contributed by atoms with E-state index in [4.69, 9.17) is 9.47 Å². The highest BCUT2D eigenvalue weighted by Crippen LogP contribution is 2.28. The van der Waals surface area contributed by atoms with Crippen molar-refractivity contribution >= 4 is 5.91 Å². The van der Waals surface area contributed by atoms with Crippen LogP contribution < -0.4 is 20.1 Å². The van der Waals surface area contributed by atoms with Gasteiger partial charge in [-0.1, -0.05) is 0 Å². The second-order valence-electron chi connectivity index (χ2n) is 6.21. The van der Waals surface area contributed by atoms with Crippen LogP contribution in [-0.2, 0) is 18.4 Å². The maximum absolute atomic E-state index is 12.7. The van der Waals surface area contributed by atoms with Gasteiger partial charge in [0.05, 0.1) is 26.3 Å². The van der Waals surface area contributed by atoms with Gasteiger partial charge < -0.3 is 20.1 Å². The van der Waals surface area contributed by atoms with Crippen LogP contribution in [0.4, 0.5) is 0 Å². The Hall–Kier alpha value is -2.54. The number of aromatic nitrogens is 2. The number of rotatable bonds is 6. The van der Waals surface area contributed by atoms with Crippen LogP contribution in [0.3, 0.4) is 0 Å². The third kappa shape index (κ3) is 3.76. The lowest BCUT2D eigenvalue weighted by molar-refractivity contribution is -0.125. The van der Waals surface area contributed by atoms with E-state index < -0.39 is 0 Å². The van der Waals surface area contributed by atoms with Gasteiger partial charge in [0.25, 0.3) is 0 Å². The summed E-state index contributed by atoms with van der Waals surface area (Å²) in [5.41, 5.74) is 1.98. The van der Waals surface area contributed by atoms with Crippen molar-refractivity contribution in [2.45, 2.75) is 12.5 Å². The molecule has 2 N–H and O–H groups in total. The smallest absolute Gasteiger partial charge is 0.225 e. The van der Waals surface area contributed by atoms with Crippen LogP contribution in [0, 0.1) is 5.92 Å². The van der Waals surface area contributed by atoms with Gasteiger partial charge >= 0.3 is 0 Å². The normalized spacial score (nSPS) is 19.6. The number of ether oxygens (including phenoxy) is 2. The van der Waals surface area contributed by atoms with Crippen LogP contribution in [0.2, 0.25) is 0 Å². The third-order valence-corrected chi connectivity index (χ3v) is 4.64. The summed E-state index contributed by atoms with van der Waals surface area (Å²) >= 11 is 0. The van der Waals surface area contributed by atoms with Crippen molar-refractivity contribution in [1.82, 2.24) is 20.4 Å². The summed E-state index contributed by atoms with van der Waals surface area (Å²) in [6.07, 6.45) is 3.81. The molecule has 1 amide bonds. The lowest BCUT2D eigenvalue weighted by atomic mass is 9.90. The van der Waals surface area contributed by atoms with Crippen molar-refractivity contribution < 1.29 is 14.3 Å². The number of carbonyl (C=O) groups excluding carboxylic acids is 1. The molecule has 3 rings (SSSR count). The Bertz CT molecular complexity index is 744. The largest absolute Gasteiger partial charge is 0.497 e. The Balaban J connectivity index is 1.68. The topological polar surface area (TPSA) is 77.4 Å². The van der Waals surface area contributed by atoms with E-state index in [1.54, 1.807) is 18.9 Å². The van der Waals surface area contributed by atoms with E-state index >= 15 is 0 Å². The molecule has 134 valence electrons. The first-order valence-corrected chi connectivity index (χ1v) is 8.30. The number of nitrogens with one attached hydrogen (secondary N) is 2. The molecule has 1 saturated heterocycles. The standard InChI is InChI=1S/C18H24N4O3/c1-22-11-13(8-21-22)15-9-19-10-16(15)18(23)20-7-12-6-14(24-2)4-5-17(12)25-3/h4-6,8,11,15-16,19H,7,9-10H2,1-3H3,(H,20,23)/t15-,16+/m1/s1. The molecule has 1 aromatic carbocycles. The Morgan fingerprint density at radius 3 is 2.88 bits per heavy atom. The summed E-state index contributed by atoms with van der Waals surface area (Å²) < 4.78 is 12.4. The molecule has 0 saturated carbocycles. The first-order valence-electron chi connectivity index (χ1n) is 8.30. The summed E-state index contributed by atoms with van der Waals surface area (Å²) in [4.78, 5) is 12.7. The Morgan fingerprint density at radius 2 is 2.20 bits per heavy atom. The Labute approximate surface area is 147 Å². The van der Waals surface area contributed by atoms with Crippen LogP contribution in [-0.4, -0.2) is 43.0 Å². The van der Waals surface area contributed by atoms with Crippen molar-refractivity contribution in [3.8, 4) is 11.5 Å². The lowest BCUT2D eigenvalue weighted by Crippen LogP contribution is -2.34. The molecular formula is C18H24N4O3. The Morgan fingerprint density at radius 1 is 1.36 bits per heavy atom. The summed E-state index contributed by atoms with van der Waals surface area (Å²) in [5.74, 6) is 1.53. The predicted octanol–water partition coefficient (Wildman–Crippen LogP) is 1.06. The number of amides is 1. The molecule has 1 fully saturated rings. The monoisotopic (exact) mass is 344 g/mol. The lowest BCUT2D eigenvalue weighted by Gasteiger charge is -2.18. The Kier molecular flexibility index (Phi) is 5.23. The molecule has 1 aromatic heterocycles. The van der Waals surface area contributed by atoms with Crippen LogP contribution >= 0.6 is 0 Å². The van der Waals surface area contributed by atoms with Gasteiger partial charge in [-0.2, -0.15) is 5.10 Å². The fourth-order valence-corrected chi connectivity index (χ4v) is 3.27. The fourth-order valence-electron chi connectivity index (χ4n) is 3.27. The maximum Gasteiger partial charge on any atom is 0.225 e. The summed E-state index contributed by atoms with van der Waals surface area (Å²) in [5, 5.41) is 10.6. The van der Waals surface area contributed by atoms with Crippen LogP contribution in [0.1, 0.15) is 17.0 Å². The highest BCUT2D eigenvalue weighted by Gasteiger charge is 2.34. The van der Waals surface area contributed by atoms with Crippen molar-refractivity contribution in [2.24, 2.45) is 13.0 Å². The van der Waals surface area contributed by atoms with E-state index in [0.717, 1.165) is 29.2 Å². The number of hydrogen-bond acceptors (Lipinski definition) is 5. The molecule has 0 aliphatic carbocycles. The van der Waals surface area contributed by atoms with Crippen molar-refractivity contribution in [1.29, 1.82) is 0 Å². The molecule has 25 heavy (non-hydrogen) atoms. The number of carbonyl (C=O) groups is 1. The van der Waals surface area contributed by atoms with Gasteiger partial charge in [0.1, 0.15) is 11.5 Å². The van der Waals surface area contributed by atoms with Gasteiger partial charge in [0.15, 0.2) is 0 Å². The van der Waals surface area contributed by atoms with Gasteiger partial charge in [0, 0.05) is 44.4 Å². The van der Waals surface area contributed by atoms with Crippen LogP contribution in [0.25, 0.3) is 0 Å². The first-order chi connectivity index (χ1) is 12.1. The third-order valence-electron chi connectivity index (χ3n) is 4.64. The number of benzene rings is 1. The van der Waals surface area contributed by atoms with Crippen molar-refractivity contribution in [2.75, 3.05) is 27.3 Å². The average molecular weight is 344 g/mol. The summed E-state index contributed by atoms with van der Waals surface area (Å²) in [7, 11) is 5.12. The van der Waals surface area contributed by atoms with Crippen molar-refractivity contribution in [3.05, 3.63) is 41.7 Å². The molecule has 7 heteroatoms. The highest BCUT2D eigenvalue weighted by atomic mass is 16.5.